The SMILES string of the molecule is Cc1ccnc(C2CCN(C(=O)c3coc4nc(C)nc(NC5(C)CC5)c34)CC2)n1. The molecule has 2 aliphatic rings. The number of carbonyl (C=O) groups excluding carboxylic acids is 1. The summed E-state index contributed by atoms with van der Waals surface area (Å²) in [4.78, 5) is 33.2. The van der Waals surface area contributed by atoms with Gasteiger partial charge in [0.25, 0.3) is 5.91 Å². The third kappa shape index (κ3) is 3.51. The Morgan fingerprint density at radius 3 is 2.67 bits per heavy atom. The predicted octanol–water partition coefficient (Wildman–Crippen LogP) is 3.61. The molecule has 3 aromatic heterocycles. The average Bonchev–Trinajstić information content (AvgIpc) is 3.30. The topological polar surface area (TPSA) is 97.0 Å². The van der Waals surface area contributed by atoms with Gasteiger partial charge in [-0.05, 0) is 52.5 Å². The summed E-state index contributed by atoms with van der Waals surface area (Å²) in [6.07, 6.45) is 7.22. The fraction of sp³-hybridized carbons (Fsp3) is 0.500. The number of piperidine rings is 1. The fourth-order valence-electron chi connectivity index (χ4n) is 4.07. The van der Waals surface area contributed by atoms with Crippen LogP contribution in [-0.4, -0.2) is 49.4 Å². The van der Waals surface area contributed by atoms with Crippen LogP contribution >= 0.6 is 0 Å². The molecule has 8 nitrogen and oxygen atoms in total. The van der Waals surface area contributed by atoms with E-state index in [9.17, 15) is 4.79 Å². The highest BCUT2D eigenvalue weighted by Gasteiger charge is 2.39. The number of likely N-dealkylation sites (tertiary alicyclic amines) is 1. The van der Waals surface area contributed by atoms with Gasteiger partial charge in [0, 0.05) is 36.4 Å². The third-order valence-electron chi connectivity index (χ3n) is 6.16. The summed E-state index contributed by atoms with van der Waals surface area (Å²) in [6.45, 7) is 7.31. The normalized spacial score (nSPS) is 18.6. The summed E-state index contributed by atoms with van der Waals surface area (Å²) in [5.74, 6) is 2.45. The number of hydrogen-bond donors (Lipinski definition) is 1. The van der Waals surface area contributed by atoms with Crippen LogP contribution < -0.4 is 5.32 Å². The van der Waals surface area contributed by atoms with Crippen LogP contribution in [0.15, 0.2) is 22.9 Å². The number of amides is 1. The Morgan fingerprint density at radius 2 is 1.97 bits per heavy atom. The van der Waals surface area contributed by atoms with Gasteiger partial charge in [-0.25, -0.2) is 15.0 Å². The van der Waals surface area contributed by atoms with Gasteiger partial charge in [0.1, 0.15) is 23.7 Å². The number of anilines is 1. The molecule has 2 fully saturated rings. The van der Waals surface area contributed by atoms with Crippen LogP contribution in [0.5, 0.6) is 0 Å². The van der Waals surface area contributed by atoms with Crippen LogP contribution in [-0.2, 0) is 0 Å². The van der Waals surface area contributed by atoms with E-state index in [1.807, 2.05) is 31.0 Å². The molecule has 1 N–H and O–H groups in total. The van der Waals surface area contributed by atoms with Crippen molar-refractivity contribution in [2.45, 2.75) is 57.9 Å². The average molecular weight is 406 g/mol. The van der Waals surface area contributed by atoms with Gasteiger partial charge < -0.3 is 14.6 Å². The maximum Gasteiger partial charge on any atom is 0.257 e. The predicted molar refractivity (Wildman–Crippen MR) is 112 cm³/mol. The first-order valence-electron chi connectivity index (χ1n) is 10.5. The Morgan fingerprint density at radius 1 is 1.20 bits per heavy atom. The minimum absolute atomic E-state index is 0.0335. The van der Waals surface area contributed by atoms with E-state index in [1.165, 1.54) is 6.26 Å². The zero-order valence-corrected chi connectivity index (χ0v) is 17.6. The van der Waals surface area contributed by atoms with Crippen molar-refractivity contribution in [2.24, 2.45) is 0 Å². The molecule has 4 heterocycles. The van der Waals surface area contributed by atoms with E-state index in [4.69, 9.17) is 4.42 Å². The van der Waals surface area contributed by atoms with Crippen LogP contribution in [0.2, 0.25) is 0 Å². The van der Waals surface area contributed by atoms with Crippen molar-refractivity contribution in [2.75, 3.05) is 18.4 Å². The summed E-state index contributed by atoms with van der Waals surface area (Å²) in [5.41, 5.74) is 2.00. The van der Waals surface area contributed by atoms with Crippen molar-refractivity contribution in [3.63, 3.8) is 0 Å². The second kappa shape index (κ2) is 7.04. The van der Waals surface area contributed by atoms with Crippen LogP contribution in [0.25, 0.3) is 11.1 Å². The van der Waals surface area contributed by atoms with Gasteiger partial charge in [-0.1, -0.05) is 0 Å². The van der Waals surface area contributed by atoms with Crippen molar-refractivity contribution >= 4 is 22.8 Å². The molecule has 8 heteroatoms. The molecule has 3 aromatic rings. The minimum atomic E-state index is -0.0335. The Hall–Kier alpha value is -3.03. The molecule has 156 valence electrons. The van der Waals surface area contributed by atoms with E-state index in [-0.39, 0.29) is 17.4 Å². The van der Waals surface area contributed by atoms with Crippen molar-refractivity contribution in [3.05, 3.63) is 41.4 Å². The number of aryl methyl sites for hydroxylation is 2. The van der Waals surface area contributed by atoms with Gasteiger partial charge in [0.2, 0.25) is 5.71 Å². The molecular weight excluding hydrogens is 380 g/mol. The molecule has 0 spiro atoms. The number of aromatic nitrogens is 4. The van der Waals surface area contributed by atoms with E-state index >= 15 is 0 Å². The molecule has 1 amide bonds. The molecule has 1 saturated carbocycles. The second-order valence-corrected chi connectivity index (χ2v) is 8.76. The monoisotopic (exact) mass is 406 g/mol. The zero-order chi connectivity index (χ0) is 20.9. The van der Waals surface area contributed by atoms with Crippen LogP contribution in [0, 0.1) is 13.8 Å². The van der Waals surface area contributed by atoms with Gasteiger partial charge in [-0.15, -0.1) is 0 Å². The maximum atomic E-state index is 13.3. The van der Waals surface area contributed by atoms with Gasteiger partial charge in [-0.2, -0.15) is 4.98 Å². The van der Waals surface area contributed by atoms with Gasteiger partial charge in [-0.3, -0.25) is 4.79 Å². The van der Waals surface area contributed by atoms with Crippen molar-refractivity contribution < 1.29 is 9.21 Å². The van der Waals surface area contributed by atoms with E-state index in [1.54, 1.807) is 0 Å². The number of hydrogen-bond acceptors (Lipinski definition) is 7. The number of carbonyl (C=O) groups is 1. The van der Waals surface area contributed by atoms with Crippen LogP contribution in [0.3, 0.4) is 0 Å². The van der Waals surface area contributed by atoms with Crippen LogP contribution in [0.4, 0.5) is 5.82 Å². The molecule has 0 aromatic carbocycles. The van der Waals surface area contributed by atoms with E-state index < -0.39 is 0 Å². The molecule has 1 aliphatic heterocycles. The first-order chi connectivity index (χ1) is 14.4. The first kappa shape index (κ1) is 19.0. The Balaban J connectivity index is 1.38. The zero-order valence-electron chi connectivity index (χ0n) is 17.6. The standard InChI is InChI=1S/C22H26N6O2/c1-13-4-9-23-18(24-13)15-5-10-28(11-6-15)21(29)16-12-30-20-17(16)19(25-14(2)26-20)27-22(3)7-8-22/h4,9,12,15H,5-8,10-11H2,1-3H3,(H,25,26,27). The van der Waals surface area contributed by atoms with Gasteiger partial charge >= 0.3 is 0 Å². The second-order valence-electron chi connectivity index (χ2n) is 8.76. The molecule has 0 radical (unpaired) electrons. The lowest BCUT2D eigenvalue weighted by atomic mass is 9.95. The molecule has 0 unspecified atom stereocenters. The highest BCUT2D eigenvalue weighted by Crippen LogP contribution is 2.40. The lowest BCUT2D eigenvalue weighted by Gasteiger charge is -2.31. The summed E-state index contributed by atoms with van der Waals surface area (Å²) in [7, 11) is 0. The molecule has 30 heavy (non-hydrogen) atoms. The molecule has 0 atom stereocenters. The number of furan rings is 1. The summed E-state index contributed by atoms with van der Waals surface area (Å²) >= 11 is 0. The lowest BCUT2D eigenvalue weighted by Crippen LogP contribution is -2.38. The fourth-order valence-corrected chi connectivity index (χ4v) is 4.07. The van der Waals surface area contributed by atoms with Gasteiger partial charge in [0.15, 0.2) is 0 Å². The van der Waals surface area contributed by atoms with Crippen LogP contribution in [0.1, 0.15) is 66.2 Å². The van der Waals surface area contributed by atoms with Gasteiger partial charge in [0.05, 0.1) is 10.9 Å². The highest BCUT2D eigenvalue weighted by atomic mass is 16.3. The number of nitrogens with one attached hydrogen (secondary N) is 1. The van der Waals surface area contributed by atoms with Crippen molar-refractivity contribution in [1.29, 1.82) is 0 Å². The molecule has 1 aliphatic carbocycles. The summed E-state index contributed by atoms with van der Waals surface area (Å²) in [5, 5.41) is 4.18. The highest BCUT2D eigenvalue weighted by molar-refractivity contribution is 6.09. The lowest BCUT2D eigenvalue weighted by molar-refractivity contribution is 0.0712. The number of rotatable bonds is 4. The van der Waals surface area contributed by atoms with E-state index in [0.717, 1.165) is 37.2 Å². The largest absolute Gasteiger partial charge is 0.445 e. The van der Waals surface area contributed by atoms with Crippen molar-refractivity contribution in [3.8, 4) is 0 Å². The van der Waals surface area contributed by atoms with E-state index in [0.29, 0.717) is 41.4 Å². The summed E-state index contributed by atoms with van der Waals surface area (Å²) < 4.78 is 5.66. The minimum Gasteiger partial charge on any atom is -0.445 e. The Kier molecular flexibility index (Phi) is 4.45. The quantitative estimate of drug-likeness (QED) is 0.707. The Labute approximate surface area is 175 Å². The number of fused-ring (bicyclic) bond motifs is 1. The molecule has 5 rings (SSSR count). The molecule has 1 saturated heterocycles. The Bertz CT molecular complexity index is 1110. The van der Waals surface area contributed by atoms with Crippen molar-refractivity contribution in [1.82, 2.24) is 24.8 Å². The first-order valence-corrected chi connectivity index (χ1v) is 10.5. The third-order valence-corrected chi connectivity index (χ3v) is 6.16. The smallest absolute Gasteiger partial charge is 0.257 e. The van der Waals surface area contributed by atoms with E-state index in [2.05, 4.69) is 32.2 Å². The number of nitrogens with zero attached hydrogens (tertiary/aromatic N) is 5. The maximum absolute atomic E-state index is 13.3. The summed E-state index contributed by atoms with van der Waals surface area (Å²) in [6, 6.07) is 1.91. The molecule has 0 bridgehead atoms. The molecular formula is C22H26N6O2.